The molecule has 2 aromatic rings. The van der Waals surface area contributed by atoms with Gasteiger partial charge in [-0.2, -0.15) is 0 Å². The summed E-state index contributed by atoms with van der Waals surface area (Å²) in [5.41, 5.74) is 1.56. The third kappa shape index (κ3) is 4.53. The summed E-state index contributed by atoms with van der Waals surface area (Å²) in [6.07, 6.45) is -0.846. The summed E-state index contributed by atoms with van der Waals surface area (Å²) in [5.74, 6) is -0.0556. The summed E-state index contributed by atoms with van der Waals surface area (Å²) in [6.45, 7) is 1.83. The van der Waals surface area contributed by atoms with Gasteiger partial charge in [-0.15, -0.1) is 0 Å². The zero-order valence-corrected chi connectivity index (χ0v) is 14.2. The summed E-state index contributed by atoms with van der Waals surface area (Å²) in [7, 11) is 1.52. The van der Waals surface area contributed by atoms with Gasteiger partial charge in [-0.25, -0.2) is 4.79 Å². The van der Waals surface area contributed by atoms with Gasteiger partial charge in [-0.3, -0.25) is 0 Å². The Hall–Kier alpha value is -1.91. The highest BCUT2D eigenvalue weighted by Crippen LogP contribution is 2.27. The molecule has 0 radical (unpaired) electrons. The third-order valence-electron chi connectivity index (χ3n) is 3.32. The number of aryl methyl sites for hydroxylation is 1. The Morgan fingerprint density at radius 1 is 1.17 bits per heavy atom. The maximum absolute atomic E-state index is 11.5. The second kappa shape index (κ2) is 7.57. The van der Waals surface area contributed by atoms with Crippen LogP contribution in [0.4, 0.5) is 0 Å². The lowest BCUT2D eigenvalue weighted by Crippen LogP contribution is -2.29. The number of rotatable bonds is 6. The topological polar surface area (TPSA) is 55.8 Å². The first kappa shape index (κ1) is 17.4. The van der Waals surface area contributed by atoms with Gasteiger partial charge in [-0.1, -0.05) is 29.3 Å². The number of benzene rings is 2. The average Bonchev–Trinajstić information content (AvgIpc) is 2.50. The molecule has 2 aromatic carbocycles. The van der Waals surface area contributed by atoms with E-state index in [1.165, 1.54) is 7.11 Å². The number of ether oxygens (including phenoxy) is 2. The predicted octanol–water partition coefficient (Wildman–Crippen LogP) is 4.39. The quantitative estimate of drug-likeness (QED) is 0.835. The summed E-state index contributed by atoms with van der Waals surface area (Å²) in [6, 6.07) is 10.2. The van der Waals surface area contributed by atoms with E-state index in [0.717, 1.165) is 11.1 Å². The van der Waals surface area contributed by atoms with E-state index in [0.29, 0.717) is 21.5 Å². The van der Waals surface area contributed by atoms with E-state index >= 15 is 0 Å². The Kier molecular flexibility index (Phi) is 5.74. The van der Waals surface area contributed by atoms with Gasteiger partial charge in [0.1, 0.15) is 11.5 Å². The summed E-state index contributed by atoms with van der Waals surface area (Å²) < 4.78 is 10.7. The van der Waals surface area contributed by atoms with Crippen molar-refractivity contribution >= 4 is 29.2 Å². The Labute approximate surface area is 144 Å². The fraction of sp³-hybridized carbons (Fsp3) is 0.235. The molecule has 0 fully saturated rings. The van der Waals surface area contributed by atoms with Crippen LogP contribution in [0.2, 0.25) is 10.0 Å². The molecule has 0 unspecified atom stereocenters. The van der Waals surface area contributed by atoms with Crippen molar-refractivity contribution in [2.45, 2.75) is 19.4 Å². The lowest BCUT2D eigenvalue weighted by Gasteiger charge is -2.16. The van der Waals surface area contributed by atoms with Crippen LogP contribution >= 0.6 is 23.2 Å². The summed E-state index contributed by atoms with van der Waals surface area (Å²) in [5, 5.41) is 10.4. The van der Waals surface area contributed by atoms with E-state index in [9.17, 15) is 9.90 Å². The fourth-order valence-corrected chi connectivity index (χ4v) is 2.48. The number of carbonyl (C=O) groups is 1. The molecule has 0 aliphatic rings. The van der Waals surface area contributed by atoms with E-state index in [1.807, 2.05) is 6.92 Å². The lowest BCUT2D eigenvalue weighted by molar-refractivity contribution is -0.145. The summed E-state index contributed by atoms with van der Waals surface area (Å²) in [4.78, 5) is 11.5. The number of methoxy groups -OCH3 is 1. The minimum atomic E-state index is -1.05. The molecule has 0 bridgehead atoms. The average molecular weight is 355 g/mol. The van der Waals surface area contributed by atoms with Crippen molar-refractivity contribution in [3.8, 4) is 11.5 Å². The molecule has 0 spiro atoms. The van der Waals surface area contributed by atoms with Gasteiger partial charge in [0.15, 0.2) is 6.10 Å². The largest absolute Gasteiger partial charge is 0.495 e. The first-order chi connectivity index (χ1) is 10.9. The van der Waals surface area contributed by atoms with Crippen LogP contribution in [0, 0.1) is 6.92 Å². The molecule has 4 nitrogen and oxygen atoms in total. The van der Waals surface area contributed by atoms with Crippen molar-refractivity contribution in [2.75, 3.05) is 7.11 Å². The number of carboxylic acid groups (broad SMARTS) is 1. The molecule has 0 saturated carbocycles. The van der Waals surface area contributed by atoms with E-state index in [-0.39, 0.29) is 6.42 Å². The summed E-state index contributed by atoms with van der Waals surface area (Å²) >= 11 is 12.0. The van der Waals surface area contributed by atoms with Crippen LogP contribution in [0.25, 0.3) is 0 Å². The molecular formula is C17H16Cl2O4. The Morgan fingerprint density at radius 2 is 1.91 bits per heavy atom. The lowest BCUT2D eigenvalue weighted by atomic mass is 10.1. The zero-order valence-electron chi connectivity index (χ0n) is 12.7. The molecule has 2 rings (SSSR count). The molecule has 0 amide bonds. The SMILES string of the molecule is COc1ccc(C[C@H](Oc2ccc(Cl)c(C)c2)C(=O)O)cc1Cl. The standard InChI is InChI=1S/C17H16Cl2O4/c1-10-7-12(4-5-13(10)18)23-16(17(20)21)9-11-3-6-15(22-2)14(19)8-11/h3-8,16H,9H2,1-2H3,(H,20,21)/t16-/m0/s1. The number of aliphatic carboxylic acids is 1. The van der Waals surface area contributed by atoms with Gasteiger partial charge in [0, 0.05) is 11.4 Å². The van der Waals surface area contributed by atoms with Gasteiger partial charge in [-0.05, 0) is 48.4 Å². The first-order valence-corrected chi connectivity index (χ1v) is 7.64. The van der Waals surface area contributed by atoms with Crippen LogP contribution in [-0.4, -0.2) is 24.3 Å². The van der Waals surface area contributed by atoms with Crippen LogP contribution in [0.5, 0.6) is 11.5 Å². The highest BCUT2D eigenvalue weighted by Gasteiger charge is 2.21. The zero-order chi connectivity index (χ0) is 17.0. The van der Waals surface area contributed by atoms with Crippen molar-refractivity contribution < 1.29 is 19.4 Å². The van der Waals surface area contributed by atoms with Gasteiger partial charge in [0.25, 0.3) is 0 Å². The van der Waals surface area contributed by atoms with Gasteiger partial charge < -0.3 is 14.6 Å². The number of carboxylic acids is 1. The fourth-order valence-electron chi connectivity index (χ4n) is 2.09. The molecule has 0 heterocycles. The van der Waals surface area contributed by atoms with Crippen LogP contribution in [0.3, 0.4) is 0 Å². The number of hydrogen-bond donors (Lipinski definition) is 1. The maximum atomic E-state index is 11.5. The molecule has 0 aliphatic heterocycles. The van der Waals surface area contributed by atoms with E-state index in [4.69, 9.17) is 32.7 Å². The number of halogens is 2. The Bertz CT molecular complexity index is 716. The van der Waals surface area contributed by atoms with E-state index in [1.54, 1.807) is 36.4 Å². The molecule has 23 heavy (non-hydrogen) atoms. The van der Waals surface area contributed by atoms with Crippen LogP contribution in [0.1, 0.15) is 11.1 Å². The molecule has 1 atom stereocenters. The van der Waals surface area contributed by atoms with E-state index in [2.05, 4.69) is 0 Å². The van der Waals surface area contributed by atoms with Crippen molar-refractivity contribution in [3.63, 3.8) is 0 Å². The molecule has 122 valence electrons. The molecule has 6 heteroatoms. The minimum Gasteiger partial charge on any atom is -0.495 e. The van der Waals surface area contributed by atoms with Crippen molar-refractivity contribution in [1.82, 2.24) is 0 Å². The van der Waals surface area contributed by atoms with Crippen molar-refractivity contribution in [1.29, 1.82) is 0 Å². The highest BCUT2D eigenvalue weighted by molar-refractivity contribution is 6.32. The Morgan fingerprint density at radius 3 is 2.48 bits per heavy atom. The first-order valence-electron chi connectivity index (χ1n) is 6.88. The Balaban J connectivity index is 2.17. The second-order valence-corrected chi connectivity index (χ2v) is 5.84. The minimum absolute atomic E-state index is 0.181. The molecular weight excluding hydrogens is 339 g/mol. The predicted molar refractivity (Wildman–Crippen MR) is 89.9 cm³/mol. The normalized spacial score (nSPS) is 11.8. The van der Waals surface area contributed by atoms with Crippen LogP contribution in [0.15, 0.2) is 36.4 Å². The van der Waals surface area contributed by atoms with Gasteiger partial charge >= 0.3 is 5.97 Å². The second-order valence-electron chi connectivity index (χ2n) is 5.03. The van der Waals surface area contributed by atoms with Gasteiger partial charge in [0.2, 0.25) is 0 Å². The maximum Gasteiger partial charge on any atom is 0.345 e. The monoisotopic (exact) mass is 354 g/mol. The van der Waals surface area contributed by atoms with Gasteiger partial charge in [0.05, 0.1) is 12.1 Å². The van der Waals surface area contributed by atoms with Crippen molar-refractivity contribution in [2.24, 2.45) is 0 Å². The molecule has 0 aliphatic carbocycles. The molecule has 0 aromatic heterocycles. The van der Waals surface area contributed by atoms with E-state index < -0.39 is 12.1 Å². The third-order valence-corrected chi connectivity index (χ3v) is 4.04. The smallest absolute Gasteiger partial charge is 0.345 e. The van der Waals surface area contributed by atoms with Crippen LogP contribution in [-0.2, 0) is 11.2 Å². The van der Waals surface area contributed by atoms with Crippen LogP contribution < -0.4 is 9.47 Å². The highest BCUT2D eigenvalue weighted by atomic mass is 35.5. The van der Waals surface area contributed by atoms with Crippen molar-refractivity contribution in [3.05, 3.63) is 57.6 Å². The number of hydrogen-bond acceptors (Lipinski definition) is 3. The molecule has 1 N–H and O–H groups in total. The molecule has 0 saturated heterocycles.